The predicted octanol–water partition coefficient (Wildman–Crippen LogP) is 4.09. The second-order valence-corrected chi connectivity index (χ2v) is 6.08. The van der Waals surface area contributed by atoms with Crippen LogP contribution in [0.2, 0.25) is 5.02 Å². The highest BCUT2D eigenvalue weighted by atomic mass is 35.5. The third-order valence-electron chi connectivity index (χ3n) is 3.53. The molecule has 4 N–H and O–H groups in total. The first-order valence-corrected chi connectivity index (χ1v) is 7.78. The summed E-state index contributed by atoms with van der Waals surface area (Å²) in [7, 11) is 0. The Morgan fingerprint density at radius 3 is 2.48 bits per heavy atom. The van der Waals surface area contributed by atoms with Crippen LogP contribution in [0.15, 0.2) is 36.7 Å². The van der Waals surface area contributed by atoms with Crippen LogP contribution in [0.25, 0.3) is 10.9 Å². The number of hydrogen-bond acceptors (Lipinski definition) is 5. The van der Waals surface area contributed by atoms with E-state index < -0.39 is 12.1 Å². The smallest absolute Gasteiger partial charge is 0.404 e. The van der Waals surface area contributed by atoms with E-state index in [1.54, 1.807) is 12.1 Å². The van der Waals surface area contributed by atoms with E-state index in [0.717, 1.165) is 6.07 Å². The van der Waals surface area contributed by atoms with E-state index in [9.17, 15) is 13.2 Å². The second kappa shape index (κ2) is 7.37. The van der Waals surface area contributed by atoms with E-state index in [-0.39, 0.29) is 17.0 Å². The van der Waals surface area contributed by atoms with Crippen LogP contribution >= 0.6 is 11.6 Å². The number of benzene rings is 1. The summed E-state index contributed by atoms with van der Waals surface area (Å²) < 4.78 is 41.1. The average molecular weight is 375 g/mol. The first-order valence-electron chi connectivity index (χ1n) is 7.40. The van der Waals surface area contributed by atoms with E-state index >= 15 is 0 Å². The lowest BCUT2D eigenvalue weighted by Gasteiger charge is -2.29. The maximum Gasteiger partial charge on any atom is 0.573 e. The van der Waals surface area contributed by atoms with Gasteiger partial charge >= 0.3 is 6.36 Å². The predicted molar refractivity (Wildman–Crippen MR) is 90.4 cm³/mol. The number of rotatable bonds is 5. The van der Waals surface area contributed by atoms with E-state index in [0.29, 0.717) is 16.6 Å². The third kappa shape index (κ3) is 4.46. The minimum atomic E-state index is -4.82. The van der Waals surface area contributed by atoms with Crippen LogP contribution in [0.1, 0.15) is 25.6 Å². The number of hydrazine groups is 1. The molecular weight excluding hydrogens is 357 g/mol. The molecule has 0 radical (unpaired) electrons. The molecule has 0 bridgehead atoms. The minimum absolute atomic E-state index is 0.106. The number of ether oxygens (including phenoxy) is 1. The zero-order chi connectivity index (χ0) is 18.8. The van der Waals surface area contributed by atoms with Crippen molar-refractivity contribution in [3.63, 3.8) is 0 Å². The lowest BCUT2D eigenvalue weighted by molar-refractivity contribution is -0.274. The molecular formula is C16H18ClF3N4O. The third-order valence-corrected chi connectivity index (χ3v) is 3.92. The number of nitrogens with zero attached hydrogens (tertiary/aromatic N) is 2. The number of aromatic nitrogens is 1. The standard InChI is InChI=1S/C16H18ClF3N4O/c1-9(2)15(24(22)8-7-21)12-4-3-10-11(23-12)5-6-13(14(10)17)25-16(18,19)20/h3-9,15H,21-22H2,1-2H3/b8-7-. The monoisotopic (exact) mass is 374 g/mol. The van der Waals surface area contributed by atoms with E-state index in [1.807, 2.05) is 13.8 Å². The highest BCUT2D eigenvalue weighted by Gasteiger charge is 2.32. The Kier molecular flexibility index (Phi) is 5.64. The topological polar surface area (TPSA) is 77.4 Å². The first-order chi connectivity index (χ1) is 11.6. The summed E-state index contributed by atoms with van der Waals surface area (Å²) in [5.41, 5.74) is 6.46. The van der Waals surface area contributed by atoms with Crippen LogP contribution < -0.4 is 16.3 Å². The summed E-state index contributed by atoms with van der Waals surface area (Å²) >= 11 is 6.03. The van der Waals surface area contributed by atoms with Gasteiger partial charge in [-0.05, 0) is 30.2 Å². The van der Waals surface area contributed by atoms with Gasteiger partial charge in [0, 0.05) is 17.8 Å². The van der Waals surface area contributed by atoms with Gasteiger partial charge < -0.3 is 15.5 Å². The molecule has 25 heavy (non-hydrogen) atoms. The SMILES string of the molecule is CC(C)C(c1ccc2c(Cl)c(OC(F)(F)F)ccc2n1)N(N)/C=C\N. The van der Waals surface area contributed by atoms with Gasteiger partial charge in [0.25, 0.3) is 0 Å². The number of pyridine rings is 1. The van der Waals surface area contributed by atoms with Crippen LogP contribution in [0.4, 0.5) is 13.2 Å². The van der Waals surface area contributed by atoms with Crippen molar-refractivity contribution in [2.45, 2.75) is 26.3 Å². The Balaban J connectivity index is 2.48. The van der Waals surface area contributed by atoms with E-state index in [4.69, 9.17) is 23.2 Å². The van der Waals surface area contributed by atoms with Gasteiger partial charge in [-0.15, -0.1) is 13.2 Å². The van der Waals surface area contributed by atoms with Gasteiger partial charge in [0.05, 0.1) is 22.3 Å². The molecule has 136 valence electrons. The number of alkyl halides is 3. The fourth-order valence-corrected chi connectivity index (χ4v) is 2.82. The molecule has 1 heterocycles. The maximum absolute atomic E-state index is 12.4. The zero-order valence-electron chi connectivity index (χ0n) is 13.6. The van der Waals surface area contributed by atoms with Crippen LogP contribution in [0.3, 0.4) is 0 Å². The summed E-state index contributed by atoms with van der Waals surface area (Å²) in [6.07, 6.45) is -1.99. The molecule has 0 fully saturated rings. The van der Waals surface area contributed by atoms with Crippen LogP contribution in [-0.2, 0) is 0 Å². The second-order valence-electron chi connectivity index (χ2n) is 5.71. The van der Waals surface area contributed by atoms with Gasteiger partial charge in [-0.1, -0.05) is 25.4 Å². The van der Waals surface area contributed by atoms with Crippen molar-refractivity contribution >= 4 is 22.5 Å². The van der Waals surface area contributed by atoms with Crippen molar-refractivity contribution in [3.05, 3.63) is 47.4 Å². The van der Waals surface area contributed by atoms with E-state index in [2.05, 4.69) is 9.72 Å². The number of fused-ring (bicyclic) bond motifs is 1. The van der Waals surface area contributed by atoms with Crippen molar-refractivity contribution in [2.75, 3.05) is 0 Å². The average Bonchev–Trinajstić information content (AvgIpc) is 2.49. The summed E-state index contributed by atoms with van der Waals surface area (Å²) in [5, 5.41) is 1.63. The quantitative estimate of drug-likeness (QED) is 0.609. The molecule has 0 aliphatic heterocycles. The largest absolute Gasteiger partial charge is 0.573 e. The summed E-state index contributed by atoms with van der Waals surface area (Å²) in [6.45, 7) is 3.93. The van der Waals surface area contributed by atoms with Crippen molar-refractivity contribution in [2.24, 2.45) is 17.5 Å². The molecule has 1 unspecified atom stereocenters. The molecule has 0 saturated carbocycles. The fraction of sp³-hybridized carbons (Fsp3) is 0.312. The van der Waals surface area contributed by atoms with Gasteiger partial charge in [0.1, 0.15) is 5.75 Å². The number of halogens is 4. The molecule has 0 spiro atoms. The van der Waals surface area contributed by atoms with Gasteiger partial charge in [0.15, 0.2) is 0 Å². The van der Waals surface area contributed by atoms with Gasteiger partial charge in [-0.3, -0.25) is 4.98 Å². The van der Waals surface area contributed by atoms with Crippen LogP contribution in [0.5, 0.6) is 5.75 Å². The minimum Gasteiger partial charge on any atom is -0.404 e. The molecule has 0 aliphatic carbocycles. The Morgan fingerprint density at radius 2 is 1.92 bits per heavy atom. The van der Waals surface area contributed by atoms with Crippen molar-refractivity contribution in [1.82, 2.24) is 9.99 Å². The first kappa shape index (κ1) is 19.1. The van der Waals surface area contributed by atoms with Crippen molar-refractivity contribution < 1.29 is 17.9 Å². The van der Waals surface area contributed by atoms with Crippen LogP contribution in [-0.4, -0.2) is 16.4 Å². The Morgan fingerprint density at radius 1 is 1.24 bits per heavy atom. The highest BCUT2D eigenvalue weighted by molar-refractivity contribution is 6.36. The fourth-order valence-electron chi connectivity index (χ4n) is 2.56. The molecule has 0 aliphatic rings. The van der Waals surface area contributed by atoms with Gasteiger partial charge in [0.2, 0.25) is 0 Å². The Labute approximate surface area is 148 Å². The molecule has 0 saturated heterocycles. The molecule has 1 atom stereocenters. The number of nitrogens with two attached hydrogens (primary N) is 2. The van der Waals surface area contributed by atoms with Crippen LogP contribution in [0, 0.1) is 5.92 Å². The summed E-state index contributed by atoms with van der Waals surface area (Å²) in [6, 6.07) is 5.55. The van der Waals surface area contributed by atoms with Gasteiger partial charge in [-0.25, -0.2) is 5.84 Å². The molecule has 5 nitrogen and oxygen atoms in total. The lowest BCUT2D eigenvalue weighted by atomic mass is 9.99. The van der Waals surface area contributed by atoms with Gasteiger partial charge in [-0.2, -0.15) is 0 Å². The highest BCUT2D eigenvalue weighted by Crippen LogP contribution is 2.36. The van der Waals surface area contributed by atoms with E-state index in [1.165, 1.54) is 23.5 Å². The van der Waals surface area contributed by atoms with Crippen molar-refractivity contribution in [3.8, 4) is 5.75 Å². The molecule has 1 aromatic carbocycles. The lowest BCUT2D eigenvalue weighted by Crippen LogP contribution is -2.34. The Bertz CT molecular complexity index is 780. The van der Waals surface area contributed by atoms with Crippen molar-refractivity contribution in [1.29, 1.82) is 0 Å². The normalized spacial score (nSPS) is 13.6. The molecule has 2 aromatic rings. The molecule has 2 rings (SSSR count). The summed E-state index contributed by atoms with van der Waals surface area (Å²) in [4.78, 5) is 4.48. The Hall–Kier alpha value is -2.19. The zero-order valence-corrected chi connectivity index (χ0v) is 14.3. The summed E-state index contributed by atoms with van der Waals surface area (Å²) in [5.74, 6) is 5.62. The number of hydrogen-bond donors (Lipinski definition) is 2. The molecule has 9 heteroatoms. The maximum atomic E-state index is 12.4. The molecule has 0 amide bonds. The molecule has 1 aromatic heterocycles.